The fourth-order valence-corrected chi connectivity index (χ4v) is 4.73. The number of aryl methyl sites for hydroxylation is 1. The van der Waals surface area contributed by atoms with Crippen molar-refractivity contribution in [1.29, 1.82) is 0 Å². The molecule has 7 heteroatoms. The Labute approximate surface area is 186 Å². The summed E-state index contributed by atoms with van der Waals surface area (Å²) in [6.07, 6.45) is 1.76. The molecule has 5 rings (SSSR count). The zero-order valence-electron chi connectivity index (χ0n) is 17.5. The van der Waals surface area contributed by atoms with Crippen molar-refractivity contribution in [2.24, 2.45) is 5.92 Å². The number of piperazine rings is 1. The van der Waals surface area contributed by atoms with Gasteiger partial charge in [0.25, 0.3) is 5.91 Å². The fraction of sp³-hybridized carbons (Fsp3) is 0.333. The van der Waals surface area contributed by atoms with E-state index >= 15 is 0 Å². The maximum Gasteiger partial charge on any atom is 0.256 e. The summed E-state index contributed by atoms with van der Waals surface area (Å²) in [4.78, 5) is 35.0. The monoisotopic (exact) mass is 436 g/mol. The van der Waals surface area contributed by atoms with Gasteiger partial charge in [-0.3, -0.25) is 9.59 Å². The quantitative estimate of drug-likeness (QED) is 0.683. The highest BCUT2D eigenvalue weighted by molar-refractivity contribution is 6.30. The number of halogens is 1. The summed E-state index contributed by atoms with van der Waals surface area (Å²) < 4.78 is 0. The highest BCUT2D eigenvalue weighted by atomic mass is 35.5. The van der Waals surface area contributed by atoms with Gasteiger partial charge in [0.2, 0.25) is 5.91 Å². The third kappa shape index (κ3) is 3.65. The molecule has 0 spiro atoms. The van der Waals surface area contributed by atoms with E-state index in [-0.39, 0.29) is 17.7 Å². The van der Waals surface area contributed by atoms with Crippen LogP contribution < -0.4 is 4.90 Å². The first kappa shape index (κ1) is 19.9. The van der Waals surface area contributed by atoms with Crippen molar-refractivity contribution in [2.45, 2.75) is 6.92 Å². The summed E-state index contributed by atoms with van der Waals surface area (Å²) in [6.45, 7) is 6.02. The lowest BCUT2D eigenvalue weighted by atomic mass is 9.96. The van der Waals surface area contributed by atoms with Gasteiger partial charge >= 0.3 is 0 Å². The smallest absolute Gasteiger partial charge is 0.256 e. The van der Waals surface area contributed by atoms with E-state index in [0.29, 0.717) is 31.7 Å². The summed E-state index contributed by atoms with van der Waals surface area (Å²) in [6, 6.07) is 13.7. The first-order chi connectivity index (χ1) is 15.0. The molecule has 2 aliphatic rings. The lowest BCUT2D eigenvalue weighted by Gasteiger charge is -2.43. The average Bonchev–Trinajstić information content (AvgIpc) is 3.18. The van der Waals surface area contributed by atoms with Crippen molar-refractivity contribution in [3.05, 3.63) is 64.8 Å². The number of benzene rings is 2. The third-order valence-electron chi connectivity index (χ3n) is 6.44. The highest BCUT2D eigenvalue weighted by Crippen LogP contribution is 2.28. The van der Waals surface area contributed by atoms with Crippen LogP contribution in [-0.2, 0) is 4.79 Å². The number of rotatable bonds is 3. The number of aromatic amines is 1. The molecule has 1 N–H and O–H groups in total. The number of aromatic nitrogens is 1. The molecule has 2 aromatic carbocycles. The molecule has 0 saturated carbocycles. The topological polar surface area (TPSA) is 59.6 Å². The van der Waals surface area contributed by atoms with E-state index in [1.807, 2.05) is 47.4 Å². The summed E-state index contributed by atoms with van der Waals surface area (Å²) in [5, 5.41) is 1.66. The predicted molar refractivity (Wildman–Crippen MR) is 123 cm³/mol. The van der Waals surface area contributed by atoms with Crippen molar-refractivity contribution in [2.75, 3.05) is 44.2 Å². The number of hydrogen-bond acceptors (Lipinski definition) is 3. The second-order valence-corrected chi connectivity index (χ2v) is 8.83. The van der Waals surface area contributed by atoms with Crippen LogP contribution in [0.4, 0.5) is 5.69 Å². The number of anilines is 1. The van der Waals surface area contributed by atoms with Gasteiger partial charge in [0, 0.05) is 67.1 Å². The van der Waals surface area contributed by atoms with E-state index in [0.717, 1.165) is 34.7 Å². The average molecular weight is 437 g/mol. The number of carbonyl (C=O) groups excluding carboxylic acids is 2. The van der Waals surface area contributed by atoms with E-state index in [2.05, 4.69) is 16.8 Å². The Morgan fingerprint density at radius 3 is 2.52 bits per heavy atom. The number of para-hydroxylation sites is 1. The van der Waals surface area contributed by atoms with Gasteiger partial charge in [-0.15, -0.1) is 0 Å². The van der Waals surface area contributed by atoms with Gasteiger partial charge in [-0.25, -0.2) is 0 Å². The first-order valence-corrected chi connectivity index (χ1v) is 11.0. The van der Waals surface area contributed by atoms with Gasteiger partial charge < -0.3 is 19.7 Å². The molecule has 0 atom stereocenters. The van der Waals surface area contributed by atoms with Crippen molar-refractivity contribution < 1.29 is 9.59 Å². The van der Waals surface area contributed by atoms with Gasteiger partial charge in [0.1, 0.15) is 0 Å². The molecular formula is C24H25ClN4O2. The molecule has 0 radical (unpaired) electrons. The lowest BCUT2D eigenvalue weighted by molar-refractivity contribution is -0.140. The Morgan fingerprint density at radius 1 is 1.00 bits per heavy atom. The maximum absolute atomic E-state index is 13.0. The zero-order chi connectivity index (χ0) is 21.5. The van der Waals surface area contributed by atoms with E-state index in [9.17, 15) is 9.59 Å². The summed E-state index contributed by atoms with van der Waals surface area (Å²) >= 11 is 6.17. The van der Waals surface area contributed by atoms with Crippen LogP contribution in [0.1, 0.15) is 15.9 Å². The zero-order valence-corrected chi connectivity index (χ0v) is 18.2. The molecule has 6 nitrogen and oxygen atoms in total. The number of likely N-dealkylation sites (tertiary alicyclic amines) is 1. The number of nitrogens with one attached hydrogen (secondary N) is 1. The normalized spacial score (nSPS) is 17.2. The Morgan fingerprint density at radius 2 is 1.74 bits per heavy atom. The standard InChI is InChI=1S/C24H25ClN4O2/c1-16-6-7-18(25)12-22(16)27-8-10-28(11-9-27)23(30)17-14-29(15-17)24(31)20-13-26-21-5-3-2-4-19(20)21/h2-7,12-13,17,26H,8-11,14-15H2,1H3. The number of hydrogen-bond donors (Lipinski definition) is 1. The van der Waals surface area contributed by atoms with Crippen LogP contribution in [0.3, 0.4) is 0 Å². The molecular weight excluding hydrogens is 412 g/mol. The second kappa shape index (κ2) is 7.93. The van der Waals surface area contributed by atoms with Crippen molar-refractivity contribution in [1.82, 2.24) is 14.8 Å². The Bertz CT molecular complexity index is 1140. The fourth-order valence-electron chi connectivity index (χ4n) is 4.57. The van der Waals surface area contributed by atoms with Crippen molar-refractivity contribution in [3.63, 3.8) is 0 Å². The molecule has 3 aromatic rings. The van der Waals surface area contributed by atoms with Crippen LogP contribution in [0.15, 0.2) is 48.7 Å². The van der Waals surface area contributed by atoms with Crippen LogP contribution in [0, 0.1) is 12.8 Å². The molecule has 3 heterocycles. The molecule has 2 amide bonds. The largest absolute Gasteiger partial charge is 0.368 e. The highest BCUT2D eigenvalue weighted by Gasteiger charge is 2.39. The molecule has 2 aliphatic heterocycles. The molecule has 2 fully saturated rings. The Kier molecular flexibility index (Phi) is 5.10. The van der Waals surface area contributed by atoms with Gasteiger partial charge in [-0.2, -0.15) is 0 Å². The molecule has 160 valence electrons. The minimum Gasteiger partial charge on any atom is -0.368 e. The molecule has 0 bridgehead atoms. The van der Waals surface area contributed by atoms with Crippen molar-refractivity contribution in [3.8, 4) is 0 Å². The van der Waals surface area contributed by atoms with Crippen LogP contribution in [0.5, 0.6) is 0 Å². The summed E-state index contributed by atoms with van der Waals surface area (Å²) in [5.41, 5.74) is 3.95. The Hall–Kier alpha value is -2.99. The van der Waals surface area contributed by atoms with Crippen LogP contribution >= 0.6 is 11.6 Å². The van der Waals surface area contributed by atoms with Crippen molar-refractivity contribution >= 4 is 40.0 Å². The SMILES string of the molecule is Cc1ccc(Cl)cc1N1CCN(C(=O)C2CN(C(=O)c3c[nH]c4ccccc34)C2)CC1. The lowest BCUT2D eigenvalue weighted by Crippen LogP contribution is -2.59. The minimum absolute atomic E-state index is 0.0113. The van der Waals surface area contributed by atoms with Crippen LogP contribution in [-0.4, -0.2) is 65.9 Å². The van der Waals surface area contributed by atoms with E-state index in [4.69, 9.17) is 11.6 Å². The first-order valence-electron chi connectivity index (χ1n) is 10.7. The molecule has 1 aromatic heterocycles. The van der Waals surface area contributed by atoms with Gasteiger partial charge in [0.05, 0.1) is 11.5 Å². The molecule has 2 saturated heterocycles. The van der Waals surface area contributed by atoms with Crippen LogP contribution in [0.2, 0.25) is 5.02 Å². The van der Waals surface area contributed by atoms with Gasteiger partial charge in [0.15, 0.2) is 0 Å². The summed E-state index contributed by atoms with van der Waals surface area (Å²) in [7, 11) is 0. The maximum atomic E-state index is 13.0. The van der Waals surface area contributed by atoms with Gasteiger partial charge in [-0.1, -0.05) is 35.9 Å². The molecule has 0 unspecified atom stereocenters. The van der Waals surface area contributed by atoms with E-state index < -0.39 is 0 Å². The number of nitrogens with zero attached hydrogens (tertiary/aromatic N) is 3. The summed E-state index contributed by atoms with van der Waals surface area (Å²) in [5.74, 6) is 0.0433. The predicted octanol–water partition coefficient (Wildman–Crippen LogP) is 3.55. The second-order valence-electron chi connectivity index (χ2n) is 8.40. The number of carbonyl (C=O) groups is 2. The molecule has 31 heavy (non-hydrogen) atoms. The number of fused-ring (bicyclic) bond motifs is 1. The number of amides is 2. The number of H-pyrrole nitrogens is 1. The van der Waals surface area contributed by atoms with E-state index in [1.54, 1.807) is 11.1 Å². The Balaban J connectivity index is 1.17. The van der Waals surface area contributed by atoms with Gasteiger partial charge in [-0.05, 0) is 30.7 Å². The molecule has 0 aliphatic carbocycles. The van der Waals surface area contributed by atoms with Crippen LogP contribution in [0.25, 0.3) is 10.9 Å². The van der Waals surface area contributed by atoms with E-state index in [1.165, 1.54) is 5.56 Å². The third-order valence-corrected chi connectivity index (χ3v) is 6.68. The minimum atomic E-state index is -0.103.